The van der Waals surface area contributed by atoms with Crippen LogP contribution in [0, 0.1) is 0 Å². The van der Waals surface area contributed by atoms with Crippen LogP contribution in [-0.2, 0) is 15.0 Å². The topological polar surface area (TPSA) is 50.7 Å². The Morgan fingerprint density at radius 1 is 1.11 bits per heavy atom. The summed E-state index contributed by atoms with van der Waals surface area (Å²) in [6.07, 6.45) is 1.95. The number of carbonyl (C=O) groups excluding carboxylic acids is 1. The lowest BCUT2D eigenvalue weighted by atomic mass is 9.87. The van der Waals surface area contributed by atoms with E-state index in [1.807, 2.05) is 30.3 Å². The van der Waals surface area contributed by atoms with Crippen LogP contribution in [0.25, 0.3) is 0 Å². The fourth-order valence-corrected chi connectivity index (χ4v) is 2.79. The van der Waals surface area contributed by atoms with E-state index in [2.05, 4.69) is 63.3 Å². The number of amides is 1. The van der Waals surface area contributed by atoms with Gasteiger partial charge in [0.1, 0.15) is 0 Å². The molecular weight excluding hydrogens is 348 g/mol. The van der Waals surface area contributed by atoms with Gasteiger partial charge in [-0.15, -0.1) is 0 Å². The van der Waals surface area contributed by atoms with E-state index in [0.717, 1.165) is 23.2 Å². The Labute approximate surface area is 169 Å². The molecule has 0 heterocycles. The predicted molar refractivity (Wildman–Crippen MR) is 117 cm³/mol. The summed E-state index contributed by atoms with van der Waals surface area (Å²) in [5.41, 5.74) is 4.28. The first-order valence-corrected chi connectivity index (χ1v) is 9.92. The maximum absolute atomic E-state index is 12.5. The van der Waals surface area contributed by atoms with Gasteiger partial charge in [0.15, 0.2) is 0 Å². The summed E-state index contributed by atoms with van der Waals surface area (Å²) >= 11 is 0. The zero-order valence-electron chi connectivity index (χ0n) is 17.8. The van der Waals surface area contributed by atoms with Gasteiger partial charge in [-0.2, -0.15) is 0 Å². The Hall–Kier alpha value is -2.62. The number of rotatable bonds is 7. The third-order valence-corrected chi connectivity index (χ3v) is 4.93. The van der Waals surface area contributed by atoms with Crippen molar-refractivity contribution in [3.63, 3.8) is 0 Å². The van der Waals surface area contributed by atoms with Gasteiger partial charge in [-0.1, -0.05) is 82.2 Å². The van der Waals surface area contributed by atoms with E-state index in [-0.39, 0.29) is 11.3 Å². The lowest BCUT2D eigenvalue weighted by molar-refractivity contribution is -0.126. The van der Waals surface area contributed by atoms with Gasteiger partial charge in [0.05, 0.1) is 6.21 Å². The molecule has 0 fully saturated rings. The van der Waals surface area contributed by atoms with Crippen LogP contribution in [0.5, 0.6) is 0 Å². The van der Waals surface area contributed by atoms with Gasteiger partial charge in [-0.05, 0) is 47.4 Å². The van der Waals surface area contributed by atoms with Crippen molar-refractivity contribution in [3.8, 4) is 0 Å². The average Bonchev–Trinajstić information content (AvgIpc) is 2.67. The third-order valence-electron chi connectivity index (χ3n) is 4.93. The van der Waals surface area contributed by atoms with Crippen LogP contribution in [0.1, 0.15) is 70.6 Å². The lowest BCUT2D eigenvalue weighted by Gasteiger charge is -2.18. The van der Waals surface area contributed by atoms with E-state index in [0.29, 0.717) is 5.92 Å². The first-order valence-electron chi connectivity index (χ1n) is 9.92. The van der Waals surface area contributed by atoms with Gasteiger partial charge < -0.3 is 10.2 Å². The molecule has 2 rings (SSSR count). The molecule has 2 aromatic carbocycles. The maximum atomic E-state index is 12.5. The SMILES string of the molecule is CCC(C)c1ccccc1NC(=O)C(C)O/N=C/c1ccc(C(C)(C)C)cc1. The number of benzene rings is 2. The van der Waals surface area contributed by atoms with Crippen LogP contribution >= 0.6 is 0 Å². The van der Waals surface area contributed by atoms with Gasteiger partial charge in [0, 0.05) is 5.69 Å². The average molecular weight is 381 g/mol. The van der Waals surface area contributed by atoms with Crippen LogP contribution in [-0.4, -0.2) is 18.2 Å². The quantitative estimate of drug-likeness (QED) is 0.482. The highest BCUT2D eigenvalue weighted by atomic mass is 16.6. The van der Waals surface area contributed by atoms with E-state index >= 15 is 0 Å². The predicted octanol–water partition coefficient (Wildman–Crippen LogP) is 5.88. The van der Waals surface area contributed by atoms with E-state index < -0.39 is 6.10 Å². The number of nitrogens with zero attached hydrogens (tertiary/aromatic N) is 1. The third kappa shape index (κ3) is 5.95. The molecule has 28 heavy (non-hydrogen) atoms. The van der Waals surface area contributed by atoms with Crippen molar-refractivity contribution < 1.29 is 9.63 Å². The summed E-state index contributed by atoms with van der Waals surface area (Å²) < 4.78 is 0. The summed E-state index contributed by atoms with van der Waals surface area (Å²) in [5.74, 6) is 0.165. The van der Waals surface area contributed by atoms with Crippen molar-refractivity contribution in [1.29, 1.82) is 0 Å². The Bertz CT molecular complexity index is 804. The van der Waals surface area contributed by atoms with Crippen molar-refractivity contribution in [2.45, 2.75) is 65.4 Å². The second-order valence-corrected chi connectivity index (χ2v) is 8.24. The summed E-state index contributed by atoms with van der Waals surface area (Å²) in [7, 11) is 0. The second kappa shape index (κ2) is 9.54. The normalized spacial score (nSPS) is 13.9. The number of carbonyl (C=O) groups is 1. The Balaban J connectivity index is 1.95. The van der Waals surface area contributed by atoms with Crippen molar-refractivity contribution in [1.82, 2.24) is 0 Å². The number of hydrogen-bond donors (Lipinski definition) is 1. The molecular formula is C24H32N2O2. The Morgan fingerprint density at radius 3 is 2.36 bits per heavy atom. The zero-order valence-corrected chi connectivity index (χ0v) is 17.8. The first-order chi connectivity index (χ1) is 13.2. The number of para-hydroxylation sites is 1. The summed E-state index contributed by atoms with van der Waals surface area (Å²) in [6.45, 7) is 12.5. The van der Waals surface area contributed by atoms with E-state index in [4.69, 9.17) is 4.84 Å². The smallest absolute Gasteiger partial charge is 0.267 e. The molecule has 150 valence electrons. The summed E-state index contributed by atoms with van der Waals surface area (Å²) in [4.78, 5) is 17.8. The minimum absolute atomic E-state index is 0.115. The number of oxime groups is 1. The molecule has 0 saturated carbocycles. The Morgan fingerprint density at radius 2 is 1.75 bits per heavy atom. The molecule has 0 radical (unpaired) electrons. The molecule has 4 heteroatoms. The molecule has 2 unspecified atom stereocenters. The van der Waals surface area contributed by atoms with Gasteiger partial charge in [-0.3, -0.25) is 4.79 Å². The zero-order chi connectivity index (χ0) is 20.7. The number of anilines is 1. The molecule has 1 N–H and O–H groups in total. The molecule has 2 atom stereocenters. The molecule has 4 nitrogen and oxygen atoms in total. The number of hydrogen-bond acceptors (Lipinski definition) is 3. The molecule has 0 aliphatic rings. The van der Waals surface area contributed by atoms with Gasteiger partial charge in [-0.25, -0.2) is 0 Å². The van der Waals surface area contributed by atoms with Crippen LogP contribution < -0.4 is 5.32 Å². The highest BCUT2D eigenvalue weighted by Gasteiger charge is 2.17. The number of nitrogens with one attached hydrogen (secondary N) is 1. The Kier molecular flexibility index (Phi) is 7.38. The molecule has 0 saturated heterocycles. The monoisotopic (exact) mass is 380 g/mol. The van der Waals surface area contributed by atoms with Crippen molar-refractivity contribution in [3.05, 3.63) is 65.2 Å². The molecule has 0 spiro atoms. The molecule has 0 aliphatic carbocycles. The first kappa shape index (κ1) is 21.7. The fraction of sp³-hybridized carbons (Fsp3) is 0.417. The van der Waals surface area contributed by atoms with Gasteiger partial charge in [0.2, 0.25) is 6.10 Å². The van der Waals surface area contributed by atoms with Crippen LogP contribution in [0.2, 0.25) is 0 Å². The maximum Gasteiger partial charge on any atom is 0.267 e. The molecule has 1 amide bonds. The van der Waals surface area contributed by atoms with Gasteiger partial charge in [0.25, 0.3) is 5.91 Å². The standard InChI is InChI=1S/C24H32N2O2/c1-7-17(2)21-10-8-9-11-22(21)26-23(27)18(3)28-25-16-19-12-14-20(15-13-19)24(4,5)6/h8-18H,7H2,1-6H3,(H,26,27)/b25-16+. The fourth-order valence-electron chi connectivity index (χ4n) is 2.79. The van der Waals surface area contributed by atoms with E-state index in [1.54, 1.807) is 13.1 Å². The second-order valence-electron chi connectivity index (χ2n) is 8.24. The summed E-state index contributed by atoms with van der Waals surface area (Å²) in [6, 6.07) is 16.1. The van der Waals surface area contributed by atoms with Crippen LogP contribution in [0.15, 0.2) is 53.7 Å². The molecule has 0 bridgehead atoms. The van der Waals surface area contributed by atoms with Crippen LogP contribution in [0.3, 0.4) is 0 Å². The molecule has 0 aromatic heterocycles. The minimum Gasteiger partial charge on any atom is -0.383 e. The largest absolute Gasteiger partial charge is 0.383 e. The van der Waals surface area contributed by atoms with E-state index in [9.17, 15) is 4.79 Å². The van der Waals surface area contributed by atoms with E-state index in [1.165, 1.54) is 5.56 Å². The summed E-state index contributed by atoms with van der Waals surface area (Å²) in [5, 5.41) is 6.94. The van der Waals surface area contributed by atoms with Gasteiger partial charge >= 0.3 is 0 Å². The lowest BCUT2D eigenvalue weighted by Crippen LogP contribution is -2.27. The molecule has 2 aromatic rings. The van der Waals surface area contributed by atoms with Crippen molar-refractivity contribution >= 4 is 17.8 Å². The van der Waals surface area contributed by atoms with Crippen molar-refractivity contribution in [2.75, 3.05) is 5.32 Å². The van der Waals surface area contributed by atoms with Crippen molar-refractivity contribution in [2.24, 2.45) is 5.16 Å². The minimum atomic E-state index is -0.685. The molecule has 0 aliphatic heterocycles. The van der Waals surface area contributed by atoms with Crippen LogP contribution in [0.4, 0.5) is 5.69 Å². The highest BCUT2D eigenvalue weighted by Crippen LogP contribution is 2.26. The highest BCUT2D eigenvalue weighted by molar-refractivity contribution is 5.94.